The maximum atomic E-state index is 5.71. The van der Waals surface area contributed by atoms with Crippen LogP contribution in [-0.2, 0) is 0 Å². The summed E-state index contributed by atoms with van der Waals surface area (Å²) in [5, 5.41) is 3.42. The Bertz CT molecular complexity index is 516. The summed E-state index contributed by atoms with van der Waals surface area (Å²) >= 11 is 9.19. The van der Waals surface area contributed by atoms with Crippen LogP contribution in [0.1, 0.15) is 5.56 Å². The van der Waals surface area contributed by atoms with Crippen molar-refractivity contribution in [3.63, 3.8) is 0 Å². The first-order valence-corrected chi connectivity index (χ1v) is 5.84. The average molecular weight is 299 g/mol. The molecule has 82 valence electrons. The summed E-state index contributed by atoms with van der Waals surface area (Å²) in [7, 11) is 0. The highest BCUT2D eigenvalue weighted by Gasteiger charge is 2.03. The van der Waals surface area contributed by atoms with Crippen molar-refractivity contribution in [3.8, 4) is 0 Å². The summed E-state index contributed by atoms with van der Waals surface area (Å²) in [6, 6.07) is 7.71. The molecule has 1 aromatic heterocycles. The molecule has 2 aromatic rings. The fraction of sp³-hybridized carbons (Fsp3) is 0.0909. The summed E-state index contributed by atoms with van der Waals surface area (Å²) in [4.78, 5) is 7.89. The van der Waals surface area contributed by atoms with Gasteiger partial charge < -0.3 is 5.32 Å². The number of anilines is 2. The minimum absolute atomic E-state index is 0.234. The van der Waals surface area contributed by atoms with Gasteiger partial charge in [0.1, 0.15) is 5.82 Å². The highest BCUT2D eigenvalue weighted by molar-refractivity contribution is 9.10. The molecule has 3 nitrogen and oxygen atoms in total. The number of hydrogen-bond donors (Lipinski definition) is 1. The van der Waals surface area contributed by atoms with Crippen molar-refractivity contribution in [2.75, 3.05) is 5.32 Å². The number of hydrogen-bond acceptors (Lipinski definition) is 3. The molecule has 0 aliphatic heterocycles. The van der Waals surface area contributed by atoms with Crippen molar-refractivity contribution >= 4 is 39.0 Å². The molecule has 16 heavy (non-hydrogen) atoms. The van der Waals surface area contributed by atoms with E-state index in [0.717, 1.165) is 15.7 Å². The number of benzene rings is 1. The average Bonchev–Trinajstić information content (AvgIpc) is 2.25. The minimum atomic E-state index is 0.234. The third-order valence-electron chi connectivity index (χ3n) is 2.16. The molecule has 0 saturated heterocycles. The van der Waals surface area contributed by atoms with E-state index in [4.69, 9.17) is 11.6 Å². The van der Waals surface area contributed by atoms with Crippen molar-refractivity contribution in [2.45, 2.75) is 6.92 Å². The van der Waals surface area contributed by atoms with E-state index in [1.165, 1.54) is 0 Å². The Hall–Kier alpha value is -1.13. The SMILES string of the molecule is Cc1c(Br)cccc1Nc1ccnc(Cl)n1. The predicted octanol–water partition coefficient (Wildman–Crippen LogP) is 3.94. The normalized spacial score (nSPS) is 10.2. The minimum Gasteiger partial charge on any atom is -0.340 e. The second-order valence-corrected chi connectivity index (χ2v) is 4.44. The van der Waals surface area contributed by atoms with Crippen LogP contribution in [-0.4, -0.2) is 9.97 Å². The molecule has 5 heteroatoms. The van der Waals surface area contributed by atoms with Crippen molar-refractivity contribution in [3.05, 3.63) is 45.8 Å². The zero-order valence-corrected chi connectivity index (χ0v) is 10.9. The van der Waals surface area contributed by atoms with Crippen LogP contribution in [0.15, 0.2) is 34.9 Å². The number of nitrogens with one attached hydrogen (secondary N) is 1. The molecule has 0 unspecified atom stereocenters. The van der Waals surface area contributed by atoms with E-state index in [9.17, 15) is 0 Å². The highest BCUT2D eigenvalue weighted by atomic mass is 79.9. The topological polar surface area (TPSA) is 37.8 Å². The molecule has 0 atom stereocenters. The number of rotatable bonds is 2. The van der Waals surface area contributed by atoms with Crippen LogP contribution in [0.2, 0.25) is 5.28 Å². The zero-order chi connectivity index (χ0) is 11.5. The Labute approximate surface area is 107 Å². The van der Waals surface area contributed by atoms with Crippen molar-refractivity contribution in [1.82, 2.24) is 9.97 Å². The Morgan fingerprint density at radius 1 is 1.31 bits per heavy atom. The third kappa shape index (κ3) is 2.51. The van der Waals surface area contributed by atoms with Gasteiger partial charge in [0.25, 0.3) is 0 Å². The summed E-state index contributed by atoms with van der Waals surface area (Å²) in [6.07, 6.45) is 1.62. The van der Waals surface area contributed by atoms with Gasteiger partial charge in [-0.15, -0.1) is 0 Å². The molecular weight excluding hydrogens is 289 g/mol. The standard InChI is InChI=1S/C11H9BrClN3/c1-7-8(12)3-2-4-9(7)15-10-5-6-14-11(13)16-10/h2-6H,1H3,(H,14,15,16). The molecule has 1 N–H and O–H groups in total. The molecule has 0 fully saturated rings. The van der Waals surface area contributed by atoms with Gasteiger partial charge in [-0.25, -0.2) is 9.97 Å². The van der Waals surface area contributed by atoms with Gasteiger partial charge in [-0.2, -0.15) is 0 Å². The van der Waals surface area contributed by atoms with Gasteiger partial charge >= 0.3 is 0 Å². The van der Waals surface area contributed by atoms with Crippen LogP contribution < -0.4 is 5.32 Å². The summed E-state index contributed by atoms with van der Waals surface area (Å²) < 4.78 is 1.05. The van der Waals surface area contributed by atoms with Crippen LogP contribution in [0.5, 0.6) is 0 Å². The first kappa shape index (κ1) is 11.4. The number of aromatic nitrogens is 2. The molecule has 0 aliphatic carbocycles. The molecule has 0 aliphatic rings. The Morgan fingerprint density at radius 2 is 2.12 bits per heavy atom. The maximum absolute atomic E-state index is 5.71. The van der Waals surface area contributed by atoms with Crippen LogP contribution >= 0.6 is 27.5 Å². The molecule has 1 aromatic carbocycles. The maximum Gasteiger partial charge on any atom is 0.224 e. The molecule has 0 spiro atoms. The molecule has 0 amide bonds. The van der Waals surface area contributed by atoms with E-state index in [1.54, 1.807) is 12.3 Å². The number of nitrogens with zero attached hydrogens (tertiary/aromatic N) is 2. The first-order chi connectivity index (χ1) is 7.66. The fourth-order valence-electron chi connectivity index (χ4n) is 1.29. The van der Waals surface area contributed by atoms with E-state index < -0.39 is 0 Å². The van der Waals surface area contributed by atoms with Crippen molar-refractivity contribution in [1.29, 1.82) is 0 Å². The second-order valence-electron chi connectivity index (χ2n) is 3.25. The van der Waals surface area contributed by atoms with Gasteiger partial charge in [-0.05, 0) is 42.3 Å². The summed E-state index contributed by atoms with van der Waals surface area (Å²) in [6.45, 7) is 2.02. The van der Waals surface area contributed by atoms with Gasteiger partial charge in [-0.3, -0.25) is 0 Å². The lowest BCUT2D eigenvalue weighted by Gasteiger charge is -2.09. The number of halogens is 2. The van der Waals surface area contributed by atoms with E-state index in [1.807, 2.05) is 25.1 Å². The molecule has 1 heterocycles. The molecule has 0 radical (unpaired) electrons. The zero-order valence-electron chi connectivity index (χ0n) is 8.54. The lowest BCUT2D eigenvalue weighted by atomic mass is 10.2. The van der Waals surface area contributed by atoms with Gasteiger partial charge in [-0.1, -0.05) is 22.0 Å². The fourth-order valence-corrected chi connectivity index (χ4v) is 1.80. The van der Waals surface area contributed by atoms with Gasteiger partial charge in [0.15, 0.2) is 0 Å². The lowest BCUT2D eigenvalue weighted by Crippen LogP contribution is -1.96. The Morgan fingerprint density at radius 3 is 2.88 bits per heavy atom. The Kier molecular flexibility index (Phi) is 3.41. The van der Waals surface area contributed by atoms with E-state index in [0.29, 0.717) is 5.82 Å². The largest absolute Gasteiger partial charge is 0.340 e. The Balaban J connectivity index is 2.31. The monoisotopic (exact) mass is 297 g/mol. The summed E-state index contributed by atoms with van der Waals surface area (Å²) in [5.41, 5.74) is 2.11. The van der Waals surface area contributed by atoms with Gasteiger partial charge in [0, 0.05) is 16.4 Å². The van der Waals surface area contributed by atoms with Crippen LogP contribution in [0.4, 0.5) is 11.5 Å². The van der Waals surface area contributed by atoms with Crippen LogP contribution in [0, 0.1) is 6.92 Å². The van der Waals surface area contributed by atoms with Crippen molar-refractivity contribution < 1.29 is 0 Å². The molecule has 0 bridgehead atoms. The van der Waals surface area contributed by atoms with Gasteiger partial charge in [0.05, 0.1) is 0 Å². The molecule has 0 saturated carbocycles. The smallest absolute Gasteiger partial charge is 0.224 e. The van der Waals surface area contributed by atoms with Crippen LogP contribution in [0.3, 0.4) is 0 Å². The van der Waals surface area contributed by atoms with Crippen molar-refractivity contribution in [2.24, 2.45) is 0 Å². The molecular formula is C11H9BrClN3. The first-order valence-electron chi connectivity index (χ1n) is 4.67. The van der Waals surface area contributed by atoms with E-state index in [-0.39, 0.29) is 5.28 Å². The van der Waals surface area contributed by atoms with E-state index >= 15 is 0 Å². The highest BCUT2D eigenvalue weighted by Crippen LogP contribution is 2.25. The van der Waals surface area contributed by atoms with E-state index in [2.05, 4.69) is 31.2 Å². The predicted molar refractivity (Wildman–Crippen MR) is 69.2 cm³/mol. The summed E-state index contributed by atoms with van der Waals surface area (Å²) in [5.74, 6) is 0.682. The van der Waals surface area contributed by atoms with Gasteiger partial charge in [0.2, 0.25) is 5.28 Å². The molecule has 2 rings (SSSR count). The lowest BCUT2D eigenvalue weighted by molar-refractivity contribution is 1.16. The third-order valence-corrected chi connectivity index (χ3v) is 3.20. The van der Waals surface area contributed by atoms with Crippen LogP contribution in [0.25, 0.3) is 0 Å². The quantitative estimate of drug-likeness (QED) is 0.853. The second kappa shape index (κ2) is 4.80.